The summed E-state index contributed by atoms with van der Waals surface area (Å²) >= 11 is 6.07. The Morgan fingerprint density at radius 1 is 1.43 bits per heavy atom. The van der Waals surface area contributed by atoms with Crippen molar-refractivity contribution in [3.05, 3.63) is 46.1 Å². The van der Waals surface area contributed by atoms with Crippen molar-refractivity contribution < 1.29 is 9.84 Å². The summed E-state index contributed by atoms with van der Waals surface area (Å²) in [6, 6.07) is 7.30. The molecule has 1 heterocycles. The van der Waals surface area contributed by atoms with E-state index < -0.39 is 6.10 Å². The number of hydrogen-bond donors (Lipinski definition) is 2. The number of nitrogens with zero attached hydrogens (tertiary/aromatic N) is 2. The highest BCUT2D eigenvalue weighted by molar-refractivity contribution is 6.31. The van der Waals surface area contributed by atoms with Gasteiger partial charge in [0.1, 0.15) is 0 Å². The molecule has 0 spiro atoms. The van der Waals surface area contributed by atoms with Crippen LogP contribution >= 0.6 is 11.6 Å². The fourth-order valence-corrected chi connectivity index (χ4v) is 2.59. The molecule has 0 aliphatic rings. The standard InChI is InChI=1S/C15H20ClN3O2/c1-10-12(15(21-3)19(2)18-10)8-17-9-14(20)11-6-4-5-7-13(11)16/h4-7,14,17,20H,8-9H2,1-3H3. The van der Waals surface area contributed by atoms with Crippen LogP contribution in [0.3, 0.4) is 0 Å². The van der Waals surface area contributed by atoms with Gasteiger partial charge in [0, 0.05) is 30.7 Å². The highest BCUT2D eigenvalue weighted by atomic mass is 35.5. The maximum Gasteiger partial charge on any atom is 0.216 e. The third-order valence-electron chi connectivity index (χ3n) is 3.39. The molecule has 2 aromatic rings. The van der Waals surface area contributed by atoms with Crippen LogP contribution in [-0.4, -0.2) is 28.5 Å². The van der Waals surface area contributed by atoms with Gasteiger partial charge in [-0.05, 0) is 13.0 Å². The smallest absolute Gasteiger partial charge is 0.216 e. The van der Waals surface area contributed by atoms with E-state index in [1.165, 1.54) is 0 Å². The minimum Gasteiger partial charge on any atom is -0.481 e. The van der Waals surface area contributed by atoms with Crippen molar-refractivity contribution >= 4 is 11.6 Å². The number of aromatic nitrogens is 2. The zero-order chi connectivity index (χ0) is 15.4. The molecule has 1 aromatic carbocycles. The molecule has 1 aromatic heterocycles. The summed E-state index contributed by atoms with van der Waals surface area (Å²) in [6.45, 7) is 2.91. The Morgan fingerprint density at radius 2 is 2.14 bits per heavy atom. The Bertz CT molecular complexity index is 613. The van der Waals surface area contributed by atoms with Gasteiger partial charge in [-0.3, -0.25) is 0 Å². The summed E-state index contributed by atoms with van der Waals surface area (Å²) in [5.74, 6) is 0.729. The predicted molar refractivity (Wildman–Crippen MR) is 82.6 cm³/mol. The van der Waals surface area contributed by atoms with Crippen LogP contribution in [-0.2, 0) is 13.6 Å². The number of hydrogen-bond acceptors (Lipinski definition) is 4. The first-order chi connectivity index (χ1) is 10.0. The lowest BCUT2D eigenvalue weighted by Gasteiger charge is -2.14. The van der Waals surface area contributed by atoms with Crippen molar-refractivity contribution in [2.24, 2.45) is 7.05 Å². The van der Waals surface area contributed by atoms with Crippen molar-refractivity contribution in [1.29, 1.82) is 0 Å². The first kappa shape index (κ1) is 15.8. The SMILES string of the molecule is COc1c(CNCC(O)c2ccccc2Cl)c(C)nn1C. The molecule has 1 atom stereocenters. The van der Waals surface area contributed by atoms with E-state index in [4.69, 9.17) is 16.3 Å². The fraction of sp³-hybridized carbons (Fsp3) is 0.400. The summed E-state index contributed by atoms with van der Waals surface area (Å²) in [5.41, 5.74) is 2.63. The van der Waals surface area contributed by atoms with Crippen LogP contribution in [0.5, 0.6) is 5.88 Å². The Labute approximate surface area is 129 Å². The normalized spacial score (nSPS) is 12.4. The Morgan fingerprint density at radius 3 is 2.81 bits per heavy atom. The molecule has 2 N–H and O–H groups in total. The molecule has 0 radical (unpaired) electrons. The molecule has 0 aliphatic carbocycles. The van der Waals surface area contributed by atoms with Crippen LogP contribution in [0.25, 0.3) is 0 Å². The van der Waals surface area contributed by atoms with E-state index in [-0.39, 0.29) is 0 Å². The summed E-state index contributed by atoms with van der Waals surface area (Å²) < 4.78 is 7.04. The molecule has 21 heavy (non-hydrogen) atoms. The largest absolute Gasteiger partial charge is 0.481 e. The van der Waals surface area contributed by atoms with Gasteiger partial charge in [-0.1, -0.05) is 29.8 Å². The third kappa shape index (κ3) is 3.56. The van der Waals surface area contributed by atoms with Gasteiger partial charge in [0.15, 0.2) is 0 Å². The zero-order valence-corrected chi connectivity index (χ0v) is 13.2. The number of halogens is 1. The van der Waals surface area contributed by atoms with Crippen molar-refractivity contribution in [3.8, 4) is 5.88 Å². The Kier molecular flexibility index (Phi) is 5.22. The number of aliphatic hydroxyl groups excluding tert-OH is 1. The highest BCUT2D eigenvalue weighted by Gasteiger charge is 2.15. The molecule has 0 saturated heterocycles. The topological polar surface area (TPSA) is 59.3 Å². The molecule has 0 saturated carbocycles. The van der Waals surface area contributed by atoms with Gasteiger partial charge in [-0.2, -0.15) is 5.10 Å². The second kappa shape index (κ2) is 6.93. The maximum absolute atomic E-state index is 10.2. The number of aryl methyl sites for hydroxylation is 2. The van der Waals surface area contributed by atoms with Crippen LogP contribution in [0.15, 0.2) is 24.3 Å². The van der Waals surface area contributed by atoms with Gasteiger partial charge in [-0.15, -0.1) is 0 Å². The Hall–Kier alpha value is -1.56. The number of rotatable bonds is 6. The summed E-state index contributed by atoms with van der Waals surface area (Å²) in [5, 5.41) is 18.3. The molecule has 2 rings (SSSR count). The van der Waals surface area contributed by atoms with Crippen LogP contribution in [0.4, 0.5) is 0 Å². The monoisotopic (exact) mass is 309 g/mol. The Balaban J connectivity index is 1.97. The van der Waals surface area contributed by atoms with Crippen molar-refractivity contribution in [2.75, 3.05) is 13.7 Å². The molecule has 0 bridgehead atoms. The van der Waals surface area contributed by atoms with Gasteiger partial charge < -0.3 is 15.2 Å². The van der Waals surface area contributed by atoms with Crippen LogP contribution in [0, 0.1) is 6.92 Å². The average Bonchev–Trinajstić information content (AvgIpc) is 2.73. The van der Waals surface area contributed by atoms with Crippen molar-refractivity contribution in [3.63, 3.8) is 0 Å². The lowest BCUT2D eigenvalue weighted by Crippen LogP contribution is -2.21. The third-order valence-corrected chi connectivity index (χ3v) is 3.73. The van der Waals surface area contributed by atoms with Gasteiger partial charge in [0.05, 0.1) is 24.5 Å². The van der Waals surface area contributed by atoms with E-state index in [2.05, 4.69) is 10.4 Å². The van der Waals surface area contributed by atoms with Crippen molar-refractivity contribution in [1.82, 2.24) is 15.1 Å². The lowest BCUT2D eigenvalue weighted by molar-refractivity contribution is 0.174. The molecule has 5 nitrogen and oxygen atoms in total. The predicted octanol–water partition coefficient (Wildman–Crippen LogP) is 2.21. The molecule has 0 amide bonds. The second-order valence-electron chi connectivity index (χ2n) is 4.87. The van der Waals surface area contributed by atoms with E-state index in [0.717, 1.165) is 22.7 Å². The lowest BCUT2D eigenvalue weighted by atomic mass is 10.1. The van der Waals surface area contributed by atoms with Gasteiger partial charge >= 0.3 is 0 Å². The van der Waals surface area contributed by atoms with Crippen molar-refractivity contribution in [2.45, 2.75) is 19.6 Å². The van der Waals surface area contributed by atoms with E-state index in [1.807, 2.05) is 32.2 Å². The van der Waals surface area contributed by atoms with E-state index >= 15 is 0 Å². The molecule has 1 unspecified atom stereocenters. The number of nitrogens with one attached hydrogen (secondary N) is 1. The maximum atomic E-state index is 10.2. The number of aliphatic hydroxyl groups is 1. The number of methoxy groups -OCH3 is 1. The van der Waals surface area contributed by atoms with E-state index in [1.54, 1.807) is 17.9 Å². The fourth-order valence-electron chi connectivity index (χ4n) is 2.33. The first-order valence-electron chi connectivity index (χ1n) is 6.74. The summed E-state index contributed by atoms with van der Waals surface area (Å²) in [4.78, 5) is 0. The molecular formula is C15H20ClN3O2. The van der Waals surface area contributed by atoms with E-state index in [0.29, 0.717) is 18.1 Å². The second-order valence-corrected chi connectivity index (χ2v) is 5.27. The molecule has 0 aliphatic heterocycles. The first-order valence-corrected chi connectivity index (χ1v) is 7.12. The zero-order valence-electron chi connectivity index (χ0n) is 12.4. The quantitative estimate of drug-likeness (QED) is 0.859. The molecular weight excluding hydrogens is 290 g/mol. The summed E-state index contributed by atoms with van der Waals surface area (Å²) in [6.07, 6.45) is -0.651. The number of benzene rings is 1. The minimum atomic E-state index is -0.651. The van der Waals surface area contributed by atoms with E-state index in [9.17, 15) is 5.11 Å². The minimum absolute atomic E-state index is 0.404. The van der Waals surface area contributed by atoms with Crippen LogP contribution < -0.4 is 10.1 Å². The van der Waals surface area contributed by atoms with Gasteiger partial charge in [0.2, 0.25) is 5.88 Å². The number of ether oxygens (including phenoxy) is 1. The highest BCUT2D eigenvalue weighted by Crippen LogP contribution is 2.23. The molecule has 6 heteroatoms. The molecule has 0 fully saturated rings. The van der Waals surface area contributed by atoms with Crippen LogP contribution in [0.1, 0.15) is 22.9 Å². The van der Waals surface area contributed by atoms with Crippen LogP contribution in [0.2, 0.25) is 5.02 Å². The van der Waals surface area contributed by atoms with Gasteiger partial charge in [-0.25, -0.2) is 4.68 Å². The molecule has 114 valence electrons. The average molecular weight is 310 g/mol. The summed E-state index contributed by atoms with van der Waals surface area (Å²) in [7, 11) is 3.46. The van der Waals surface area contributed by atoms with Gasteiger partial charge in [0.25, 0.3) is 0 Å².